The van der Waals surface area contributed by atoms with Gasteiger partial charge in [0.05, 0.1) is 13.1 Å². The molecule has 0 aliphatic carbocycles. The van der Waals surface area contributed by atoms with Gasteiger partial charge in [-0.15, -0.1) is 0 Å². The molecule has 0 aromatic heterocycles. The van der Waals surface area contributed by atoms with E-state index in [-0.39, 0.29) is 0 Å². The fraction of sp³-hybridized carbons (Fsp3) is 0.857. The summed E-state index contributed by atoms with van der Waals surface area (Å²) in [5.41, 5.74) is 0. The first-order valence-corrected chi connectivity index (χ1v) is 3.81. The molecule has 0 aromatic carbocycles. The molecule has 1 atom stereocenters. The molecule has 1 N–H and O–H groups in total. The van der Waals surface area contributed by atoms with Gasteiger partial charge in [-0.25, -0.2) is 8.78 Å². The molecule has 0 unspecified atom stereocenters. The summed E-state index contributed by atoms with van der Waals surface area (Å²) in [6.45, 7) is 0.838. The van der Waals surface area contributed by atoms with Gasteiger partial charge in [-0.2, -0.15) is 0 Å². The summed E-state index contributed by atoms with van der Waals surface area (Å²) in [6.07, 6.45) is 0.366. The van der Waals surface area contributed by atoms with Crippen molar-refractivity contribution < 1.29 is 18.7 Å². The number of carboxylic acid groups (broad SMARTS) is 1. The van der Waals surface area contributed by atoms with E-state index < -0.39 is 31.0 Å². The van der Waals surface area contributed by atoms with Crippen molar-refractivity contribution in [1.82, 2.24) is 4.90 Å². The van der Waals surface area contributed by atoms with Crippen LogP contribution in [-0.2, 0) is 4.79 Å². The molecule has 3 nitrogen and oxygen atoms in total. The standard InChI is InChI=1S/C7H11F2NO2/c1-2-5(6(11)12)10-3-7(8,9)4-10/h5H,2-4H2,1H3,(H,11,12)/t5-/m1/s1. The first kappa shape index (κ1) is 9.38. The van der Waals surface area contributed by atoms with Crippen LogP contribution in [0.15, 0.2) is 0 Å². The van der Waals surface area contributed by atoms with E-state index in [9.17, 15) is 13.6 Å². The van der Waals surface area contributed by atoms with Crippen LogP contribution in [0.4, 0.5) is 8.78 Å². The SMILES string of the molecule is CC[C@H](C(=O)O)N1CC(F)(F)C1. The van der Waals surface area contributed by atoms with Crippen LogP contribution in [0.2, 0.25) is 0 Å². The van der Waals surface area contributed by atoms with Gasteiger partial charge in [-0.05, 0) is 6.42 Å². The minimum absolute atomic E-state index is 0.366. The summed E-state index contributed by atoms with van der Waals surface area (Å²) >= 11 is 0. The van der Waals surface area contributed by atoms with Crippen LogP contribution in [0.1, 0.15) is 13.3 Å². The molecule has 1 aliphatic heterocycles. The highest BCUT2D eigenvalue weighted by Crippen LogP contribution is 2.29. The molecule has 0 aromatic rings. The van der Waals surface area contributed by atoms with Crippen molar-refractivity contribution >= 4 is 5.97 Å². The van der Waals surface area contributed by atoms with E-state index in [1.807, 2.05) is 0 Å². The molecule has 1 heterocycles. The molecular weight excluding hydrogens is 168 g/mol. The van der Waals surface area contributed by atoms with Gasteiger partial charge in [0.2, 0.25) is 0 Å². The van der Waals surface area contributed by atoms with E-state index in [4.69, 9.17) is 5.11 Å². The van der Waals surface area contributed by atoms with E-state index >= 15 is 0 Å². The largest absolute Gasteiger partial charge is 0.480 e. The van der Waals surface area contributed by atoms with Crippen LogP contribution >= 0.6 is 0 Å². The Bertz CT molecular complexity index is 188. The van der Waals surface area contributed by atoms with E-state index in [1.165, 1.54) is 4.90 Å². The molecule has 0 spiro atoms. The molecule has 1 fully saturated rings. The van der Waals surface area contributed by atoms with Gasteiger partial charge in [-0.1, -0.05) is 6.92 Å². The molecule has 1 saturated heterocycles. The summed E-state index contributed by atoms with van der Waals surface area (Å²) < 4.78 is 24.6. The van der Waals surface area contributed by atoms with Crippen molar-refractivity contribution in [2.45, 2.75) is 25.3 Å². The Morgan fingerprint density at radius 2 is 2.17 bits per heavy atom. The Kier molecular flexibility index (Phi) is 2.32. The maximum absolute atomic E-state index is 12.3. The molecule has 5 heteroatoms. The molecule has 0 saturated carbocycles. The number of alkyl halides is 2. The van der Waals surface area contributed by atoms with Crippen LogP contribution in [0, 0.1) is 0 Å². The van der Waals surface area contributed by atoms with Crippen LogP contribution in [0.5, 0.6) is 0 Å². The van der Waals surface area contributed by atoms with Crippen LogP contribution in [0.25, 0.3) is 0 Å². The predicted octanol–water partition coefficient (Wildman–Crippen LogP) is 0.800. The van der Waals surface area contributed by atoms with Crippen LogP contribution in [-0.4, -0.2) is 41.0 Å². The molecule has 1 rings (SSSR count). The first-order valence-electron chi connectivity index (χ1n) is 3.81. The lowest BCUT2D eigenvalue weighted by Gasteiger charge is -2.41. The van der Waals surface area contributed by atoms with Crippen molar-refractivity contribution in [3.8, 4) is 0 Å². The van der Waals surface area contributed by atoms with Crippen molar-refractivity contribution in [2.75, 3.05) is 13.1 Å². The smallest absolute Gasteiger partial charge is 0.320 e. The molecule has 12 heavy (non-hydrogen) atoms. The first-order chi connectivity index (χ1) is 5.46. The minimum atomic E-state index is -2.68. The lowest BCUT2D eigenvalue weighted by molar-refractivity contribution is -0.168. The highest BCUT2D eigenvalue weighted by atomic mass is 19.3. The van der Waals surface area contributed by atoms with E-state index in [2.05, 4.69) is 0 Å². The van der Waals surface area contributed by atoms with Gasteiger partial charge >= 0.3 is 5.97 Å². The highest BCUT2D eigenvalue weighted by molar-refractivity contribution is 5.73. The number of likely N-dealkylation sites (tertiary alicyclic amines) is 1. The highest BCUT2D eigenvalue weighted by Gasteiger charge is 2.47. The maximum atomic E-state index is 12.3. The van der Waals surface area contributed by atoms with Crippen LogP contribution in [0.3, 0.4) is 0 Å². The van der Waals surface area contributed by atoms with Crippen molar-refractivity contribution in [3.63, 3.8) is 0 Å². The second kappa shape index (κ2) is 2.97. The molecule has 1 aliphatic rings. The predicted molar refractivity (Wildman–Crippen MR) is 38.2 cm³/mol. The Morgan fingerprint density at radius 3 is 2.42 bits per heavy atom. The Balaban J connectivity index is 2.45. The molecular formula is C7H11F2NO2. The fourth-order valence-electron chi connectivity index (χ4n) is 1.36. The lowest BCUT2D eigenvalue weighted by Crippen LogP contribution is -2.61. The minimum Gasteiger partial charge on any atom is -0.480 e. The third-order valence-corrected chi connectivity index (χ3v) is 1.98. The number of hydrogen-bond donors (Lipinski definition) is 1. The quantitative estimate of drug-likeness (QED) is 0.696. The summed E-state index contributed by atoms with van der Waals surface area (Å²) in [6, 6.07) is -0.746. The summed E-state index contributed by atoms with van der Waals surface area (Å²) in [7, 11) is 0. The Hall–Kier alpha value is -0.710. The van der Waals surface area contributed by atoms with E-state index in [1.54, 1.807) is 6.92 Å². The third-order valence-electron chi connectivity index (χ3n) is 1.98. The van der Waals surface area contributed by atoms with Crippen molar-refractivity contribution in [3.05, 3.63) is 0 Å². The van der Waals surface area contributed by atoms with Gasteiger partial charge < -0.3 is 5.11 Å². The number of rotatable bonds is 3. The van der Waals surface area contributed by atoms with Crippen molar-refractivity contribution in [1.29, 1.82) is 0 Å². The summed E-state index contributed by atoms with van der Waals surface area (Å²) in [5.74, 6) is -3.70. The van der Waals surface area contributed by atoms with Gasteiger partial charge in [0.15, 0.2) is 0 Å². The van der Waals surface area contributed by atoms with Crippen molar-refractivity contribution in [2.24, 2.45) is 0 Å². The average molecular weight is 179 g/mol. The topological polar surface area (TPSA) is 40.5 Å². The van der Waals surface area contributed by atoms with Gasteiger partial charge in [0, 0.05) is 0 Å². The second-order valence-corrected chi connectivity index (χ2v) is 3.02. The monoisotopic (exact) mass is 179 g/mol. The number of aliphatic carboxylic acids is 1. The number of carboxylic acids is 1. The average Bonchev–Trinajstić information content (AvgIpc) is 1.84. The fourth-order valence-corrected chi connectivity index (χ4v) is 1.36. The second-order valence-electron chi connectivity index (χ2n) is 3.02. The van der Waals surface area contributed by atoms with Gasteiger partial charge in [-0.3, -0.25) is 9.69 Å². The zero-order chi connectivity index (χ0) is 9.35. The number of carbonyl (C=O) groups is 1. The Labute approximate surface area is 69.0 Å². The molecule has 0 amide bonds. The zero-order valence-electron chi connectivity index (χ0n) is 6.76. The number of halogens is 2. The van der Waals surface area contributed by atoms with E-state index in [0.717, 1.165) is 0 Å². The maximum Gasteiger partial charge on any atom is 0.320 e. The van der Waals surface area contributed by atoms with Crippen LogP contribution < -0.4 is 0 Å². The van der Waals surface area contributed by atoms with E-state index in [0.29, 0.717) is 6.42 Å². The Morgan fingerprint density at radius 1 is 1.67 bits per heavy atom. The molecule has 70 valence electrons. The normalized spacial score (nSPS) is 24.6. The van der Waals surface area contributed by atoms with Gasteiger partial charge in [0.1, 0.15) is 6.04 Å². The summed E-state index contributed by atoms with van der Waals surface area (Å²) in [4.78, 5) is 11.8. The van der Waals surface area contributed by atoms with Gasteiger partial charge in [0.25, 0.3) is 5.92 Å². The molecule has 0 bridgehead atoms. The zero-order valence-corrected chi connectivity index (χ0v) is 6.76. The lowest BCUT2D eigenvalue weighted by atomic mass is 10.1. The molecule has 0 radical (unpaired) electrons. The number of nitrogens with zero attached hydrogens (tertiary/aromatic N) is 1. The third kappa shape index (κ3) is 1.72. The number of hydrogen-bond acceptors (Lipinski definition) is 2. The summed E-state index contributed by atoms with van der Waals surface area (Å²) in [5, 5.41) is 8.59.